The zero-order chi connectivity index (χ0) is 25.0. The largest absolute Gasteiger partial charge is 0.497 e. The molecular formula is C28H31NO6. The molecule has 0 saturated heterocycles. The van der Waals surface area contributed by atoms with Gasteiger partial charge in [-0.3, -0.25) is 4.79 Å². The molecule has 0 aromatic heterocycles. The fourth-order valence-electron chi connectivity index (χ4n) is 3.70. The van der Waals surface area contributed by atoms with Crippen molar-refractivity contribution in [1.82, 2.24) is 4.90 Å². The van der Waals surface area contributed by atoms with Gasteiger partial charge >= 0.3 is 5.97 Å². The number of rotatable bonds is 13. The molecule has 3 aromatic carbocycles. The topological polar surface area (TPSA) is 85.3 Å². The molecule has 0 unspecified atom stereocenters. The minimum atomic E-state index is -1.03. The monoisotopic (exact) mass is 477 g/mol. The fourth-order valence-corrected chi connectivity index (χ4v) is 3.70. The van der Waals surface area contributed by atoms with E-state index in [1.165, 1.54) is 5.56 Å². The van der Waals surface area contributed by atoms with Gasteiger partial charge in [0.15, 0.2) is 6.61 Å². The highest BCUT2D eigenvalue weighted by Gasteiger charge is 2.18. The first kappa shape index (κ1) is 25.6. The summed E-state index contributed by atoms with van der Waals surface area (Å²) >= 11 is 0. The van der Waals surface area contributed by atoms with Crippen LogP contribution >= 0.6 is 0 Å². The fraction of sp³-hybridized carbons (Fsp3) is 0.286. The van der Waals surface area contributed by atoms with Crippen molar-refractivity contribution in [3.8, 4) is 17.2 Å². The number of carboxylic acids is 1. The molecule has 0 radical (unpaired) electrons. The first-order valence-corrected chi connectivity index (χ1v) is 11.5. The lowest BCUT2D eigenvalue weighted by atomic mass is 10.1. The predicted octanol–water partition coefficient (Wildman–Crippen LogP) is 4.83. The van der Waals surface area contributed by atoms with Gasteiger partial charge in [-0.05, 0) is 54.7 Å². The predicted molar refractivity (Wildman–Crippen MR) is 133 cm³/mol. The number of carbonyl (C=O) groups excluding carboxylic acids is 1. The van der Waals surface area contributed by atoms with Crippen LogP contribution in [0.15, 0.2) is 72.8 Å². The normalized spacial score (nSPS) is 10.5. The first-order valence-electron chi connectivity index (χ1n) is 11.5. The zero-order valence-corrected chi connectivity index (χ0v) is 20.1. The number of hydrogen-bond donors (Lipinski definition) is 1. The molecule has 1 amide bonds. The van der Waals surface area contributed by atoms with Crippen molar-refractivity contribution in [1.29, 1.82) is 0 Å². The Morgan fingerprint density at radius 3 is 2.06 bits per heavy atom. The van der Waals surface area contributed by atoms with Gasteiger partial charge < -0.3 is 24.2 Å². The third kappa shape index (κ3) is 8.07. The van der Waals surface area contributed by atoms with Gasteiger partial charge in [0.1, 0.15) is 17.2 Å². The third-order valence-electron chi connectivity index (χ3n) is 5.53. The van der Waals surface area contributed by atoms with Gasteiger partial charge in [0, 0.05) is 24.7 Å². The van der Waals surface area contributed by atoms with Gasteiger partial charge in [-0.25, -0.2) is 4.79 Å². The van der Waals surface area contributed by atoms with E-state index < -0.39 is 12.6 Å². The second kappa shape index (κ2) is 13.0. The lowest BCUT2D eigenvalue weighted by Crippen LogP contribution is -2.31. The lowest BCUT2D eigenvalue weighted by molar-refractivity contribution is -0.139. The van der Waals surface area contributed by atoms with Crippen molar-refractivity contribution in [2.75, 3.05) is 27.4 Å². The van der Waals surface area contributed by atoms with E-state index >= 15 is 0 Å². The Balaban J connectivity index is 1.73. The molecule has 0 atom stereocenters. The van der Waals surface area contributed by atoms with Gasteiger partial charge in [0.05, 0.1) is 14.2 Å². The SMILES string of the molecule is COc1cc(OC)cc(C(=O)N(CCCCc2ccccc2)Cc2ccc(OCC(=O)O)cc2)c1. The molecule has 3 aromatic rings. The molecule has 1 N–H and O–H groups in total. The number of amides is 1. The Hall–Kier alpha value is -4.00. The molecule has 0 spiro atoms. The molecule has 0 aliphatic carbocycles. The van der Waals surface area contributed by atoms with Crippen LogP contribution in [0.5, 0.6) is 17.2 Å². The zero-order valence-electron chi connectivity index (χ0n) is 20.1. The number of nitrogens with zero attached hydrogens (tertiary/aromatic N) is 1. The van der Waals surface area contributed by atoms with Crippen LogP contribution in [0.1, 0.15) is 34.3 Å². The van der Waals surface area contributed by atoms with E-state index in [1.54, 1.807) is 44.6 Å². The summed E-state index contributed by atoms with van der Waals surface area (Å²) in [5.74, 6) is 0.422. The Morgan fingerprint density at radius 2 is 1.46 bits per heavy atom. The van der Waals surface area contributed by atoms with Crippen molar-refractivity contribution in [2.45, 2.75) is 25.8 Å². The average Bonchev–Trinajstić information content (AvgIpc) is 2.89. The van der Waals surface area contributed by atoms with Gasteiger partial charge in [0.2, 0.25) is 0 Å². The summed E-state index contributed by atoms with van der Waals surface area (Å²) in [6, 6.07) is 22.6. The van der Waals surface area contributed by atoms with Gasteiger partial charge in [0.25, 0.3) is 5.91 Å². The van der Waals surface area contributed by atoms with Gasteiger partial charge in [-0.1, -0.05) is 42.5 Å². The summed E-state index contributed by atoms with van der Waals surface area (Å²) in [6.07, 6.45) is 2.75. The Morgan fingerprint density at radius 1 is 0.800 bits per heavy atom. The molecular weight excluding hydrogens is 446 g/mol. The van der Waals surface area contributed by atoms with Crippen molar-refractivity contribution < 1.29 is 28.9 Å². The number of ether oxygens (including phenoxy) is 3. The average molecular weight is 478 g/mol. The van der Waals surface area contributed by atoms with E-state index in [0.29, 0.717) is 35.9 Å². The van der Waals surface area contributed by atoms with E-state index in [9.17, 15) is 9.59 Å². The third-order valence-corrected chi connectivity index (χ3v) is 5.53. The van der Waals surface area contributed by atoms with E-state index in [-0.39, 0.29) is 5.91 Å². The molecule has 184 valence electrons. The van der Waals surface area contributed by atoms with Crippen LogP contribution in [0.2, 0.25) is 0 Å². The quantitative estimate of drug-likeness (QED) is 0.355. The Kier molecular flexibility index (Phi) is 9.54. The number of aryl methyl sites for hydroxylation is 1. The van der Waals surface area contributed by atoms with Crippen LogP contribution in [0.3, 0.4) is 0 Å². The van der Waals surface area contributed by atoms with Gasteiger partial charge in [-0.2, -0.15) is 0 Å². The number of benzene rings is 3. The number of unbranched alkanes of at least 4 members (excludes halogenated alkanes) is 1. The van der Waals surface area contributed by atoms with Crippen LogP contribution in [-0.4, -0.2) is 49.3 Å². The smallest absolute Gasteiger partial charge is 0.341 e. The summed E-state index contributed by atoms with van der Waals surface area (Å²) in [5, 5.41) is 8.78. The van der Waals surface area contributed by atoms with Gasteiger partial charge in [-0.15, -0.1) is 0 Å². The molecule has 0 aliphatic rings. The summed E-state index contributed by atoms with van der Waals surface area (Å²) < 4.78 is 15.9. The summed E-state index contributed by atoms with van der Waals surface area (Å²) in [5.41, 5.74) is 2.68. The summed E-state index contributed by atoms with van der Waals surface area (Å²) in [7, 11) is 3.11. The molecule has 7 nitrogen and oxygen atoms in total. The highest BCUT2D eigenvalue weighted by atomic mass is 16.5. The molecule has 35 heavy (non-hydrogen) atoms. The van der Waals surface area contributed by atoms with Crippen molar-refractivity contribution >= 4 is 11.9 Å². The first-order chi connectivity index (χ1) is 17.0. The summed E-state index contributed by atoms with van der Waals surface area (Å²) in [6.45, 7) is 0.592. The maximum atomic E-state index is 13.5. The van der Waals surface area contributed by atoms with Crippen LogP contribution in [0.25, 0.3) is 0 Å². The molecule has 0 saturated carbocycles. The molecule has 0 heterocycles. The molecule has 0 aliphatic heterocycles. The Bertz CT molecular complexity index is 1080. The van der Waals surface area contributed by atoms with Crippen molar-refractivity contribution in [3.63, 3.8) is 0 Å². The Labute approximate surface area is 205 Å². The second-order valence-electron chi connectivity index (χ2n) is 8.10. The molecule has 0 bridgehead atoms. The number of carboxylic acid groups (broad SMARTS) is 1. The minimum absolute atomic E-state index is 0.117. The van der Waals surface area contributed by atoms with Crippen LogP contribution in [0.4, 0.5) is 0 Å². The van der Waals surface area contributed by atoms with Crippen molar-refractivity contribution in [2.24, 2.45) is 0 Å². The standard InChI is InChI=1S/C28H31NO6/c1-33-25-16-23(17-26(18-25)34-2)28(32)29(15-7-6-10-21-8-4-3-5-9-21)19-22-11-13-24(14-12-22)35-20-27(30)31/h3-5,8-9,11-14,16-18H,6-7,10,15,19-20H2,1-2H3,(H,30,31). The van der Waals surface area contributed by atoms with Crippen molar-refractivity contribution in [3.05, 3.63) is 89.5 Å². The number of carbonyl (C=O) groups is 2. The van der Waals surface area contributed by atoms with E-state index in [4.69, 9.17) is 19.3 Å². The van der Waals surface area contributed by atoms with E-state index in [0.717, 1.165) is 24.8 Å². The number of methoxy groups -OCH3 is 2. The number of hydrogen-bond acceptors (Lipinski definition) is 5. The van der Waals surface area contributed by atoms with Crippen LogP contribution in [0, 0.1) is 0 Å². The highest BCUT2D eigenvalue weighted by molar-refractivity contribution is 5.95. The second-order valence-corrected chi connectivity index (χ2v) is 8.10. The van der Waals surface area contributed by atoms with Crippen LogP contribution in [-0.2, 0) is 17.8 Å². The lowest BCUT2D eigenvalue weighted by Gasteiger charge is -2.24. The highest BCUT2D eigenvalue weighted by Crippen LogP contribution is 2.24. The van der Waals surface area contributed by atoms with E-state index in [2.05, 4.69) is 12.1 Å². The van der Waals surface area contributed by atoms with E-state index in [1.807, 2.05) is 35.2 Å². The maximum absolute atomic E-state index is 13.5. The number of aliphatic carboxylic acids is 1. The van der Waals surface area contributed by atoms with Crippen LogP contribution < -0.4 is 14.2 Å². The maximum Gasteiger partial charge on any atom is 0.341 e. The summed E-state index contributed by atoms with van der Waals surface area (Å²) in [4.78, 5) is 26.0. The molecule has 7 heteroatoms. The molecule has 0 fully saturated rings. The molecule has 3 rings (SSSR count). The minimum Gasteiger partial charge on any atom is -0.497 e.